The number of esters is 1. The molecular weight excluding hydrogens is 388 g/mol. The average molecular weight is 413 g/mol. The van der Waals surface area contributed by atoms with E-state index in [1.807, 2.05) is 30.3 Å². The Balaban J connectivity index is 1.87. The van der Waals surface area contributed by atoms with Crippen molar-refractivity contribution in [1.29, 1.82) is 0 Å². The van der Waals surface area contributed by atoms with Crippen LogP contribution in [0.2, 0.25) is 0 Å². The van der Waals surface area contributed by atoms with E-state index in [1.165, 1.54) is 5.56 Å². The standard InChI is InChI=1S/C22H24N2O4S/c1-3-28-21(25)19-18(14-29-13-15-7-5-4-6-8-15)23-22(26)24-20(19)16-9-11-17(27-2)12-10-16/h4-12,20H,3,13-14H2,1-2H3,(H2,23,24,26)/t20-/m0/s1. The van der Waals surface area contributed by atoms with E-state index in [1.54, 1.807) is 37.9 Å². The van der Waals surface area contributed by atoms with Crippen LogP contribution in [0, 0.1) is 0 Å². The zero-order valence-corrected chi connectivity index (χ0v) is 17.3. The summed E-state index contributed by atoms with van der Waals surface area (Å²) in [6.07, 6.45) is 0. The van der Waals surface area contributed by atoms with E-state index in [4.69, 9.17) is 9.47 Å². The largest absolute Gasteiger partial charge is 0.497 e. The normalized spacial score (nSPS) is 16.1. The number of thioether (sulfide) groups is 1. The lowest BCUT2D eigenvalue weighted by atomic mass is 9.95. The highest BCUT2D eigenvalue weighted by atomic mass is 32.2. The van der Waals surface area contributed by atoms with Crippen molar-refractivity contribution in [3.8, 4) is 5.75 Å². The van der Waals surface area contributed by atoms with Gasteiger partial charge < -0.3 is 20.1 Å². The highest BCUT2D eigenvalue weighted by Gasteiger charge is 2.33. The first kappa shape index (κ1) is 20.8. The molecule has 0 unspecified atom stereocenters. The predicted molar refractivity (Wildman–Crippen MR) is 114 cm³/mol. The van der Waals surface area contributed by atoms with Gasteiger partial charge in [-0.3, -0.25) is 0 Å². The molecule has 0 saturated carbocycles. The Kier molecular flexibility index (Phi) is 7.19. The van der Waals surface area contributed by atoms with Crippen LogP contribution in [0.1, 0.15) is 24.1 Å². The summed E-state index contributed by atoms with van der Waals surface area (Å²) < 4.78 is 10.5. The van der Waals surface area contributed by atoms with Gasteiger partial charge in [-0.15, -0.1) is 0 Å². The van der Waals surface area contributed by atoms with Crippen molar-refractivity contribution >= 4 is 23.8 Å². The lowest BCUT2D eigenvalue weighted by Gasteiger charge is -2.29. The molecule has 0 radical (unpaired) electrons. The van der Waals surface area contributed by atoms with Gasteiger partial charge in [0.1, 0.15) is 5.75 Å². The Morgan fingerprint density at radius 2 is 1.79 bits per heavy atom. The van der Waals surface area contributed by atoms with E-state index in [0.717, 1.165) is 11.3 Å². The number of hydrogen-bond acceptors (Lipinski definition) is 5. The number of methoxy groups -OCH3 is 1. The first-order chi connectivity index (χ1) is 14.1. The quantitative estimate of drug-likeness (QED) is 0.645. The summed E-state index contributed by atoms with van der Waals surface area (Å²) in [5, 5.41) is 5.64. The molecule has 0 fully saturated rings. The minimum atomic E-state index is -0.582. The number of ether oxygens (including phenoxy) is 2. The van der Waals surface area contributed by atoms with Gasteiger partial charge in [0.2, 0.25) is 0 Å². The van der Waals surface area contributed by atoms with Crippen molar-refractivity contribution < 1.29 is 19.1 Å². The summed E-state index contributed by atoms with van der Waals surface area (Å²) >= 11 is 1.63. The van der Waals surface area contributed by atoms with Crippen molar-refractivity contribution in [3.05, 3.63) is 77.0 Å². The van der Waals surface area contributed by atoms with Gasteiger partial charge in [0.25, 0.3) is 0 Å². The summed E-state index contributed by atoms with van der Waals surface area (Å²) in [7, 11) is 1.59. The average Bonchev–Trinajstić information content (AvgIpc) is 2.74. The van der Waals surface area contributed by atoms with Gasteiger partial charge in [-0.25, -0.2) is 9.59 Å². The molecule has 2 aromatic carbocycles. The zero-order valence-electron chi connectivity index (χ0n) is 16.4. The zero-order chi connectivity index (χ0) is 20.6. The molecule has 0 aromatic heterocycles. The number of rotatable bonds is 8. The summed E-state index contributed by atoms with van der Waals surface area (Å²) in [5.41, 5.74) is 2.98. The number of carbonyl (C=O) groups is 2. The Morgan fingerprint density at radius 1 is 1.07 bits per heavy atom. The summed E-state index contributed by atoms with van der Waals surface area (Å²) in [6.45, 7) is 2.02. The number of amides is 2. The minimum absolute atomic E-state index is 0.260. The van der Waals surface area contributed by atoms with Gasteiger partial charge in [-0.2, -0.15) is 11.8 Å². The smallest absolute Gasteiger partial charge is 0.338 e. The summed E-state index contributed by atoms with van der Waals surface area (Å²) in [4.78, 5) is 25.0. The third kappa shape index (κ3) is 5.32. The van der Waals surface area contributed by atoms with Crippen molar-refractivity contribution in [3.63, 3.8) is 0 Å². The van der Waals surface area contributed by atoms with Crippen LogP contribution in [0.25, 0.3) is 0 Å². The van der Waals surface area contributed by atoms with Gasteiger partial charge >= 0.3 is 12.0 Å². The first-order valence-electron chi connectivity index (χ1n) is 9.35. The molecule has 2 N–H and O–H groups in total. The minimum Gasteiger partial charge on any atom is -0.497 e. The SMILES string of the molecule is CCOC(=O)C1=C(CSCc2ccccc2)NC(=O)N[C@H]1c1ccc(OC)cc1. The molecule has 6 nitrogen and oxygen atoms in total. The van der Waals surface area contributed by atoms with Gasteiger partial charge in [0.05, 0.1) is 25.3 Å². The number of benzene rings is 2. The van der Waals surface area contributed by atoms with Crippen LogP contribution in [0.3, 0.4) is 0 Å². The van der Waals surface area contributed by atoms with Crippen molar-refractivity contribution in [2.24, 2.45) is 0 Å². The molecule has 2 aromatic rings. The summed E-state index contributed by atoms with van der Waals surface area (Å²) in [6, 6.07) is 16.4. The van der Waals surface area contributed by atoms with Crippen molar-refractivity contribution in [2.45, 2.75) is 18.7 Å². The summed E-state index contributed by atoms with van der Waals surface area (Å²) in [5.74, 6) is 1.53. The molecule has 0 bridgehead atoms. The Hall–Kier alpha value is -2.93. The van der Waals surface area contributed by atoms with Crippen LogP contribution in [0.5, 0.6) is 5.75 Å². The van der Waals surface area contributed by atoms with E-state index in [0.29, 0.717) is 22.8 Å². The van der Waals surface area contributed by atoms with Crippen LogP contribution < -0.4 is 15.4 Å². The molecular formula is C22H24N2O4S. The van der Waals surface area contributed by atoms with Gasteiger partial charge in [0, 0.05) is 17.2 Å². The van der Waals surface area contributed by atoms with Crippen LogP contribution in [0.15, 0.2) is 65.9 Å². The van der Waals surface area contributed by atoms with Crippen LogP contribution in [0.4, 0.5) is 4.79 Å². The lowest BCUT2D eigenvalue weighted by Crippen LogP contribution is -2.46. The lowest BCUT2D eigenvalue weighted by molar-refractivity contribution is -0.139. The molecule has 7 heteroatoms. The Morgan fingerprint density at radius 3 is 2.45 bits per heavy atom. The molecule has 3 rings (SSSR count). The number of hydrogen-bond donors (Lipinski definition) is 2. The highest BCUT2D eigenvalue weighted by molar-refractivity contribution is 7.98. The van der Waals surface area contributed by atoms with E-state index in [2.05, 4.69) is 22.8 Å². The second-order valence-electron chi connectivity index (χ2n) is 6.40. The molecule has 152 valence electrons. The van der Waals surface area contributed by atoms with Gasteiger partial charge in [0.15, 0.2) is 0 Å². The monoisotopic (exact) mass is 412 g/mol. The maximum absolute atomic E-state index is 12.7. The van der Waals surface area contributed by atoms with E-state index < -0.39 is 12.0 Å². The van der Waals surface area contributed by atoms with Crippen LogP contribution in [-0.4, -0.2) is 31.5 Å². The second-order valence-corrected chi connectivity index (χ2v) is 7.38. The van der Waals surface area contributed by atoms with E-state index >= 15 is 0 Å². The maximum Gasteiger partial charge on any atom is 0.338 e. The maximum atomic E-state index is 12.7. The van der Waals surface area contributed by atoms with Crippen molar-refractivity contribution in [2.75, 3.05) is 19.5 Å². The fraction of sp³-hybridized carbons (Fsp3) is 0.273. The van der Waals surface area contributed by atoms with Gasteiger partial charge in [-0.1, -0.05) is 42.5 Å². The Bertz CT molecular complexity index is 881. The van der Waals surface area contributed by atoms with E-state index in [9.17, 15) is 9.59 Å². The predicted octanol–water partition coefficient (Wildman–Crippen LogP) is 3.80. The molecule has 1 aliphatic rings. The first-order valence-corrected chi connectivity index (χ1v) is 10.5. The molecule has 1 heterocycles. The third-order valence-corrected chi connectivity index (χ3v) is 5.49. The molecule has 1 aliphatic heterocycles. The van der Waals surface area contributed by atoms with E-state index in [-0.39, 0.29) is 12.6 Å². The molecule has 0 aliphatic carbocycles. The number of carbonyl (C=O) groups excluding carboxylic acids is 2. The van der Waals surface area contributed by atoms with Crippen LogP contribution >= 0.6 is 11.8 Å². The molecule has 29 heavy (non-hydrogen) atoms. The van der Waals surface area contributed by atoms with Crippen molar-refractivity contribution in [1.82, 2.24) is 10.6 Å². The fourth-order valence-electron chi connectivity index (χ4n) is 3.07. The van der Waals surface area contributed by atoms with Gasteiger partial charge in [-0.05, 0) is 30.2 Å². The highest BCUT2D eigenvalue weighted by Crippen LogP contribution is 2.30. The second kappa shape index (κ2) is 10.0. The molecule has 0 saturated heterocycles. The number of nitrogens with one attached hydrogen (secondary N) is 2. The number of urea groups is 1. The topological polar surface area (TPSA) is 76.7 Å². The van der Waals surface area contributed by atoms with Crippen LogP contribution in [-0.2, 0) is 15.3 Å². The third-order valence-electron chi connectivity index (χ3n) is 4.46. The molecule has 1 atom stereocenters. The molecule has 0 spiro atoms. The molecule has 2 amide bonds. The Labute approximate surface area is 174 Å². The fourth-order valence-corrected chi connectivity index (χ4v) is 4.04.